The van der Waals surface area contributed by atoms with Crippen LogP contribution in [0, 0.1) is 5.92 Å². The first kappa shape index (κ1) is 84.9. The van der Waals surface area contributed by atoms with Crippen LogP contribution >= 0.6 is 58.8 Å². The Morgan fingerprint density at radius 3 is 1.13 bits per heavy atom. The van der Waals surface area contributed by atoms with Crippen molar-refractivity contribution in [2.75, 3.05) is 54.9 Å². The minimum atomic E-state index is -1.20. The van der Waals surface area contributed by atoms with Gasteiger partial charge in [0, 0.05) is 111 Å². The molecule has 478 valence electrons. The maximum absolute atomic E-state index is 11.4. The summed E-state index contributed by atoms with van der Waals surface area (Å²) >= 11 is 6.13. The second kappa shape index (κ2) is 53.0. The fraction of sp³-hybridized carbons (Fsp3) is 0.545. The molecule has 25 nitrogen and oxygen atoms in total. The van der Waals surface area contributed by atoms with Crippen LogP contribution in [-0.4, -0.2) is 171 Å². The molecule has 0 aliphatic carbocycles. The number of carbonyl (C=O) groups is 15. The van der Waals surface area contributed by atoms with Gasteiger partial charge in [-0.15, -0.1) is 0 Å². The van der Waals surface area contributed by atoms with E-state index in [2.05, 4.69) is 59.5 Å². The van der Waals surface area contributed by atoms with Crippen molar-refractivity contribution in [3.8, 4) is 0 Å². The maximum atomic E-state index is 11.4. The third kappa shape index (κ3) is 59.0. The van der Waals surface area contributed by atoms with Crippen LogP contribution in [0.4, 0.5) is 0 Å². The average Bonchev–Trinajstić information content (AvgIpc) is 3.85. The molecular formula is C55H83N5O20S5. The van der Waals surface area contributed by atoms with Crippen molar-refractivity contribution in [3.05, 3.63) is 60.8 Å². The summed E-state index contributed by atoms with van der Waals surface area (Å²) in [5, 5.41) is 55.6. The summed E-state index contributed by atoms with van der Waals surface area (Å²) in [6.07, 6.45) is 7.39. The number of thioether (sulfide) groups is 5. The maximum Gasteiger partial charge on any atom is 0.331 e. The van der Waals surface area contributed by atoms with Crippen molar-refractivity contribution in [2.45, 2.75) is 131 Å². The van der Waals surface area contributed by atoms with Crippen molar-refractivity contribution in [1.29, 1.82) is 0 Å². The molecule has 2 atom stereocenters. The molecule has 0 aromatic rings. The summed E-state index contributed by atoms with van der Waals surface area (Å²) in [6, 6.07) is -0.468. The first-order chi connectivity index (χ1) is 39.6. The number of unbranched alkanes of at least 4 members (excludes halogenated alkanes) is 5. The lowest BCUT2D eigenvalue weighted by atomic mass is 10.1. The van der Waals surface area contributed by atoms with Crippen LogP contribution in [0.5, 0.6) is 0 Å². The standard InChI is InChI=1S/C15H25NO4S.C12H19NO4S.C10H15NO4S.C9H11NO4S.C9H13NO4S/c1-12(15(19)20)11-14(18)16-9-7-5-3-4-6-8-10-21-13(2)17;1-8(7-18-10(3)14)4-5-13-11(15)6-9(2)12(16)17;1-7(10(14)15)6-9(13)11-4-3-5-16-8(2)12;1-5(8(12)13)4-7(11)10-6-2-3-15-9(6)14;1-6(9(13)14)5-8(12)10-3-4-15-7(2)11/h1,3-11H2,2H3,(H,16,18)(H,19,20);8H,2,4-7H2,1,3H3,(H,13,15)(H,16,17);1,3-6H2,2H3,(H,11,13)(H,14,15);6H,1-4H2,(H,10,11)(H,12,13);1,3-5H2,2H3,(H,10,12)(H,13,14). The highest BCUT2D eigenvalue weighted by atomic mass is 32.2. The largest absolute Gasteiger partial charge is 0.478 e. The van der Waals surface area contributed by atoms with Crippen molar-refractivity contribution < 1.29 is 97.5 Å². The van der Waals surface area contributed by atoms with Gasteiger partial charge in [-0.2, -0.15) is 0 Å². The summed E-state index contributed by atoms with van der Waals surface area (Å²) in [5.74, 6) is -3.90. The van der Waals surface area contributed by atoms with Crippen LogP contribution in [-0.2, 0) is 71.9 Å². The zero-order valence-electron chi connectivity index (χ0n) is 48.9. The van der Waals surface area contributed by atoms with E-state index >= 15 is 0 Å². The summed E-state index contributed by atoms with van der Waals surface area (Å²) in [7, 11) is 0. The van der Waals surface area contributed by atoms with Gasteiger partial charge in [0.1, 0.15) is 0 Å². The Kier molecular flexibility index (Phi) is 53.0. The van der Waals surface area contributed by atoms with Gasteiger partial charge < -0.3 is 52.1 Å². The van der Waals surface area contributed by atoms with Crippen molar-refractivity contribution >= 4 is 144 Å². The highest BCUT2D eigenvalue weighted by molar-refractivity contribution is 8.14. The molecule has 0 aromatic heterocycles. The van der Waals surface area contributed by atoms with E-state index in [1.165, 1.54) is 67.8 Å². The number of aliphatic carboxylic acids is 5. The second-order valence-corrected chi connectivity index (χ2v) is 24.2. The smallest absolute Gasteiger partial charge is 0.331 e. The van der Waals surface area contributed by atoms with Crippen LogP contribution in [0.1, 0.15) is 125 Å². The molecule has 85 heavy (non-hydrogen) atoms. The minimum Gasteiger partial charge on any atom is -0.478 e. The molecule has 1 heterocycles. The molecule has 0 spiro atoms. The van der Waals surface area contributed by atoms with Gasteiger partial charge in [-0.25, -0.2) is 24.0 Å². The Morgan fingerprint density at radius 2 is 0.765 bits per heavy atom. The minimum absolute atomic E-state index is 0.0146. The van der Waals surface area contributed by atoms with Gasteiger partial charge in [0.15, 0.2) is 20.5 Å². The fourth-order valence-electron chi connectivity index (χ4n) is 5.55. The number of nitrogens with one attached hydrogen (secondary N) is 5. The van der Waals surface area contributed by atoms with Crippen LogP contribution in [0.15, 0.2) is 60.8 Å². The van der Waals surface area contributed by atoms with Crippen LogP contribution in [0.2, 0.25) is 0 Å². The lowest BCUT2D eigenvalue weighted by Crippen LogP contribution is -2.37. The van der Waals surface area contributed by atoms with Gasteiger partial charge in [0.25, 0.3) is 0 Å². The van der Waals surface area contributed by atoms with Gasteiger partial charge in [0.05, 0.1) is 38.1 Å². The van der Waals surface area contributed by atoms with Gasteiger partial charge in [0.2, 0.25) is 34.7 Å². The Balaban J connectivity index is -0.000000485. The van der Waals surface area contributed by atoms with Crippen molar-refractivity contribution in [1.82, 2.24) is 26.6 Å². The van der Waals surface area contributed by atoms with E-state index in [4.69, 9.17) is 25.5 Å². The Bertz CT molecular complexity index is 2360. The summed E-state index contributed by atoms with van der Waals surface area (Å²) in [4.78, 5) is 162. The van der Waals surface area contributed by atoms with Crippen LogP contribution in [0.3, 0.4) is 0 Å². The number of amides is 5. The lowest BCUT2D eigenvalue weighted by Gasteiger charge is -2.10. The number of carbonyl (C=O) groups excluding carboxylic acids is 10. The zero-order chi connectivity index (χ0) is 66.0. The number of carboxylic acids is 5. The number of carboxylic acid groups (broad SMARTS) is 5. The molecule has 30 heteroatoms. The molecule has 1 aliphatic rings. The third-order valence-electron chi connectivity index (χ3n) is 10.1. The highest BCUT2D eigenvalue weighted by Gasteiger charge is 2.27. The monoisotopic (exact) mass is 1290 g/mol. The van der Waals surface area contributed by atoms with Crippen molar-refractivity contribution in [3.63, 3.8) is 0 Å². The van der Waals surface area contributed by atoms with Gasteiger partial charge in [-0.05, 0) is 38.0 Å². The molecule has 0 saturated carbocycles. The molecule has 1 aliphatic heterocycles. The number of rotatable bonds is 37. The molecule has 10 N–H and O–H groups in total. The first-order valence-electron chi connectivity index (χ1n) is 26.2. The predicted molar refractivity (Wildman–Crippen MR) is 332 cm³/mol. The van der Waals surface area contributed by atoms with E-state index in [9.17, 15) is 71.9 Å². The summed E-state index contributed by atoms with van der Waals surface area (Å²) in [6.45, 7) is 26.2. The average molecular weight is 1290 g/mol. The van der Waals surface area contributed by atoms with E-state index in [1.807, 2.05) is 6.92 Å². The number of hydrogen-bond donors (Lipinski definition) is 10. The van der Waals surface area contributed by atoms with E-state index < -0.39 is 47.7 Å². The molecule has 2 unspecified atom stereocenters. The van der Waals surface area contributed by atoms with Gasteiger partial charge in [-0.1, -0.05) is 124 Å². The molecule has 0 aromatic carbocycles. The van der Waals surface area contributed by atoms with Gasteiger partial charge >= 0.3 is 29.8 Å². The molecule has 1 rings (SSSR count). The highest BCUT2D eigenvalue weighted by Crippen LogP contribution is 2.20. The summed E-state index contributed by atoms with van der Waals surface area (Å²) < 4.78 is 0. The molecule has 1 saturated heterocycles. The van der Waals surface area contributed by atoms with E-state index in [0.29, 0.717) is 62.2 Å². The van der Waals surface area contributed by atoms with Gasteiger partial charge in [-0.3, -0.25) is 47.9 Å². The molecule has 1 fully saturated rings. The lowest BCUT2D eigenvalue weighted by molar-refractivity contribution is -0.134. The Hall–Kier alpha value is -6.50. The Labute approximate surface area is 517 Å². The molecule has 5 amide bonds. The topological polar surface area (TPSA) is 417 Å². The normalized spacial score (nSPS) is 12.0. The quantitative estimate of drug-likeness (QED) is 0.0268. The van der Waals surface area contributed by atoms with E-state index in [0.717, 1.165) is 68.2 Å². The molecular weight excluding hydrogens is 1210 g/mol. The van der Waals surface area contributed by atoms with Crippen LogP contribution in [0.25, 0.3) is 0 Å². The predicted octanol–water partition coefficient (Wildman–Crippen LogP) is 5.58. The summed E-state index contributed by atoms with van der Waals surface area (Å²) in [5.41, 5.74) is -0.656. The Morgan fingerprint density at radius 1 is 0.447 bits per heavy atom. The molecule has 0 bridgehead atoms. The second-order valence-electron chi connectivity index (χ2n) is 18.1. The number of hydrogen-bond acceptors (Lipinski definition) is 20. The fourth-order valence-corrected chi connectivity index (χ4v) is 8.87. The first-order valence-corrected chi connectivity index (χ1v) is 31.2. The third-order valence-corrected chi connectivity index (χ3v) is 14.8. The SMILES string of the molecule is C=C(CC(=O)NC1CCSC1=O)C(=O)O.C=C(CC(=O)NCCC(C)CSC(C)=O)C(=O)O.C=C(CC(=O)NCCCCCCCCSC(C)=O)C(=O)O.C=C(CC(=O)NCCCSC(C)=O)C(=O)O.C=C(CC(=O)NCCSC(C)=O)C(=O)O. The van der Waals surface area contributed by atoms with E-state index in [-0.39, 0.29) is 103 Å². The van der Waals surface area contributed by atoms with Crippen LogP contribution < -0.4 is 26.6 Å². The van der Waals surface area contributed by atoms with Crippen molar-refractivity contribution in [2.24, 2.45) is 5.92 Å². The zero-order valence-corrected chi connectivity index (χ0v) is 52.9. The molecule has 0 radical (unpaired) electrons. The van der Waals surface area contributed by atoms with E-state index in [1.54, 1.807) is 6.92 Å².